The summed E-state index contributed by atoms with van der Waals surface area (Å²) >= 11 is 0. The highest BCUT2D eigenvalue weighted by atomic mass is 16.4. The van der Waals surface area contributed by atoms with E-state index < -0.39 is 5.97 Å². The molecular formula is C31H33NO3. The molecule has 4 rings (SSSR count). The van der Waals surface area contributed by atoms with Crippen molar-refractivity contribution in [3.63, 3.8) is 0 Å². The third-order valence-corrected chi connectivity index (χ3v) is 6.39. The molecule has 0 atom stereocenters. The molecule has 0 bridgehead atoms. The van der Waals surface area contributed by atoms with Crippen LogP contribution in [0.1, 0.15) is 59.3 Å². The van der Waals surface area contributed by atoms with Crippen molar-refractivity contribution in [3.05, 3.63) is 107 Å². The van der Waals surface area contributed by atoms with E-state index in [0.717, 1.165) is 41.3 Å². The zero-order valence-electron chi connectivity index (χ0n) is 20.5. The number of carboxylic acid groups (broad SMARTS) is 1. The number of hydrogen-bond donors (Lipinski definition) is 1. The number of carboxylic acids is 1. The Labute approximate surface area is 207 Å². The summed E-state index contributed by atoms with van der Waals surface area (Å²) in [6.45, 7) is 4.47. The molecule has 0 spiro atoms. The first-order chi connectivity index (χ1) is 16.9. The summed E-state index contributed by atoms with van der Waals surface area (Å²) in [5, 5.41) is 9.98. The zero-order valence-corrected chi connectivity index (χ0v) is 20.5. The third kappa shape index (κ3) is 6.27. The molecular weight excluding hydrogens is 434 g/mol. The molecule has 4 aromatic rings. The Bertz CT molecular complexity index is 1310. The van der Waals surface area contributed by atoms with Crippen molar-refractivity contribution in [3.8, 4) is 0 Å². The Kier molecular flexibility index (Phi) is 7.81. The fraction of sp³-hybridized carbons (Fsp3) is 0.290. The molecule has 0 saturated heterocycles. The number of aliphatic carboxylic acids is 1. The molecule has 0 radical (unpaired) electrons. The quantitative estimate of drug-likeness (QED) is 0.282. The lowest BCUT2D eigenvalue weighted by Gasteiger charge is -2.08. The van der Waals surface area contributed by atoms with Crippen LogP contribution < -0.4 is 0 Å². The maximum Gasteiger partial charge on any atom is 0.303 e. The number of aryl methyl sites for hydroxylation is 3. The second kappa shape index (κ2) is 11.2. The molecule has 0 amide bonds. The highest BCUT2D eigenvalue weighted by molar-refractivity contribution is 6.03. The van der Waals surface area contributed by atoms with Crippen LogP contribution in [0.2, 0.25) is 0 Å². The largest absolute Gasteiger partial charge is 0.481 e. The molecule has 1 N–H and O–H groups in total. The number of aromatic nitrogens is 1. The van der Waals surface area contributed by atoms with Crippen LogP contribution in [0.15, 0.2) is 79.0 Å². The number of para-hydroxylation sites is 1. The summed E-state index contributed by atoms with van der Waals surface area (Å²) in [7, 11) is 0. The van der Waals surface area contributed by atoms with Gasteiger partial charge in [0.05, 0.1) is 5.52 Å². The van der Waals surface area contributed by atoms with Crippen molar-refractivity contribution < 1.29 is 14.7 Å². The van der Waals surface area contributed by atoms with Gasteiger partial charge in [0.1, 0.15) is 0 Å². The summed E-state index contributed by atoms with van der Waals surface area (Å²) < 4.78 is 1.71. The smallest absolute Gasteiger partial charge is 0.303 e. The van der Waals surface area contributed by atoms with Crippen LogP contribution in [0.3, 0.4) is 0 Å². The van der Waals surface area contributed by atoms with Gasteiger partial charge in [-0.1, -0.05) is 68.4 Å². The minimum Gasteiger partial charge on any atom is -0.481 e. The Morgan fingerprint density at radius 1 is 0.829 bits per heavy atom. The molecule has 0 unspecified atom stereocenters. The Morgan fingerprint density at radius 3 is 2.29 bits per heavy atom. The van der Waals surface area contributed by atoms with Crippen molar-refractivity contribution >= 4 is 22.8 Å². The number of carbonyl (C=O) groups is 2. The van der Waals surface area contributed by atoms with E-state index in [1.54, 1.807) is 4.57 Å². The van der Waals surface area contributed by atoms with Gasteiger partial charge in [0.15, 0.2) is 0 Å². The normalized spacial score (nSPS) is 11.3. The lowest BCUT2D eigenvalue weighted by Crippen LogP contribution is -2.11. The van der Waals surface area contributed by atoms with Crippen LogP contribution in [-0.4, -0.2) is 21.6 Å². The van der Waals surface area contributed by atoms with E-state index in [1.165, 1.54) is 11.1 Å². The summed E-state index contributed by atoms with van der Waals surface area (Å²) in [6, 6.07) is 24.6. The molecule has 0 aliphatic rings. The monoisotopic (exact) mass is 467 g/mol. The molecule has 4 nitrogen and oxygen atoms in total. The number of benzene rings is 3. The molecule has 35 heavy (non-hydrogen) atoms. The third-order valence-electron chi connectivity index (χ3n) is 6.39. The SMILES string of the molecule is CC(C)Cc1ccc(CCc2cccc(C(=O)n3cc(CCCC(=O)O)c4ccccc43)c2)cc1. The molecule has 1 aromatic heterocycles. The minimum absolute atomic E-state index is 0.0643. The fourth-order valence-electron chi connectivity index (χ4n) is 4.65. The number of carbonyl (C=O) groups excluding carboxylic acids is 1. The van der Waals surface area contributed by atoms with Crippen LogP contribution >= 0.6 is 0 Å². The van der Waals surface area contributed by atoms with E-state index in [-0.39, 0.29) is 12.3 Å². The van der Waals surface area contributed by atoms with Gasteiger partial charge in [-0.2, -0.15) is 0 Å². The molecule has 3 aromatic carbocycles. The number of rotatable bonds is 10. The van der Waals surface area contributed by atoms with Crippen molar-refractivity contribution in [1.82, 2.24) is 4.57 Å². The molecule has 0 fully saturated rings. The van der Waals surface area contributed by atoms with E-state index in [9.17, 15) is 9.59 Å². The summed E-state index contributed by atoms with van der Waals surface area (Å²) in [5.41, 5.74) is 6.34. The summed E-state index contributed by atoms with van der Waals surface area (Å²) in [5.74, 6) is -0.210. The topological polar surface area (TPSA) is 59.3 Å². The lowest BCUT2D eigenvalue weighted by molar-refractivity contribution is -0.137. The van der Waals surface area contributed by atoms with E-state index >= 15 is 0 Å². The Morgan fingerprint density at radius 2 is 1.54 bits per heavy atom. The van der Waals surface area contributed by atoms with Gasteiger partial charge in [0, 0.05) is 23.6 Å². The summed E-state index contributed by atoms with van der Waals surface area (Å²) in [4.78, 5) is 24.4. The van der Waals surface area contributed by atoms with Crippen molar-refractivity contribution in [2.45, 2.75) is 52.4 Å². The highest BCUT2D eigenvalue weighted by Gasteiger charge is 2.16. The van der Waals surface area contributed by atoms with Gasteiger partial charge >= 0.3 is 5.97 Å². The standard InChI is InChI=1S/C31H33NO3/c1-22(2)19-25-17-14-23(15-18-25)13-16-24-7-5-8-26(20-24)31(35)32-21-27(9-6-12-30(33)34)28-10-3-4-11-29(28)32/h3-5,7-8,10-11,14-15,17-18,20-22H,6,9,12-13,16,19H2,1-2H3,(H,33,34). The number of nitrogens with zero attached hydrogens (tertiary/aromatic N) is 1. The predicted octanol–water partition coefficient (Wildman–Crippen LogP) is 6.72. The van der Waals surface area contributed by atoms with Crippen LogP contribution in [-0.2, 0) is 30.5 Å². The van der Waals surface area contributed by atoms with Crippen LogP contribution in [0.5, 0.6) is 0 Å². The summed E-state index contributed by atoms with van der Waals surface area (Å²) in [6.07, 6.45) is 6.07. The van der Waals surface area contributed by atoms with Crippen LogP contribution in [0.4, 0.5) is 0 Å². The lowest BCUT2D eigenvalue weighted by atomic mass is 9.98. The van der Waals surface area contributed by atoms with Gasteiger partial charge in [0.2, 0.25) is 0 Å². The minimum atomic E-state index is -0.798. The second-order valence-electron chi connectivity index (χ2n) is 9.71. The second-order valence-corrected chi connectivity index (χ2v) is 9.71. The maximum absolute atomic E-state index is 13.5. The van der Waals surface area contributed by atoms with Gasteiger partial charge in [-0.05, 0) is 78.5 Å². The number of hydrogen-bond acceptors (Lipinski definition) is 2. The van der Waals surface area contributed by atoms with E-state index in [1.807, 2.05) is 48.7 Å². The number of fused-ring (bicyclic) bond motifs is 1. The first-order valence-electron chi connectivity index (χ1n) is 12.4. The van der Waals surface area contributed by atoms with Crippen LogP contribution in [0.25, 0.3) is 10.9 Å². The van der Waals surface area contributed by atoms with Gasteiger partial charge in [-0.3, -0.25) is 14.2 Å². The Balaban J connectivity index is 1.49. The zero-order chi connectivity index (χ0) is 24.8. The molecule has 0 aliphatic heterocycles. The van der Waals surface area contributed by atoms with Gasteiger partial charge in [0.25, 0.3) is 5.91 Å². The molecule has 0 saturated carbocycles. The van der Waals surface area contributed by atoms with E-state index in [0.29, 0.717) is 24.3 Å². The van der Waals surface area contributed by atoms with E-state index in [2.05, 4.69) is 44.2 Å². The molecule has 4 heteroatoms. The van der Waals surface area contributed by atoms with E-state index in [4.69, 9.17) is 5.11 Å². The first-order valence-corrected chi connectivity index (χ1v) is 12.4. The van der Waals surface area contributed by atoms with Crippen LogP contribution in [0, 0.1) is 5.92 Å². The van der Waals surface area contributed by atoms with Crippen molar-refractivity contribution in [1.29, 1.82) is 0 Å². The highest BCUT2D eigenvalue weighted by Crippen LogP contribution is 2.24. The van der Waals surface area contributed by atoms with Gasteiger partial charge < -0.3 is 5.11 Å². The van der Waals surface area contributed by atoms with Crippen molar-refractivity contribution in [2.24, 2.45) is 5.92 Å². The predicted molar refractivity (Wildman–Crippen MR) is 141 cm³/mol. The molecule has 180 valence electrons. The van der Waals surface area contributed by atoms with Gasteiger partial charge in [-0.15, -0.1) is 0 Å². The average molecular weight is 468 g/mol. The van der Waals surface area contributed by atoms with Crippen molar-refractivity contribution in [2.75, 3.05) is 0 Å². The Hall–Kier alpha value is -3.66. The average Bonchev–Trinajstić information content (AvgIpc) is 3.21. The maximum atomic E-state index is 13.5. The first kappa shape index (κ1) is 24.5. The van der Waals surface area contributed by atoms with Gasteiger partial charge in [-0.25, -0.2) is 0 Å². The molecule has 1 heterocycles. The molecule has 0 aliphatic carbocycles. The fourth-order valence-corrected chi connectivity index (χ4v) is 4.65.